The summed E-state index contributed by atoms with van der Waals surface area (Å²) in [5, 5.41) is 12.2. The molecule has 8 heteroatoms. The number of benzene rings is 1. The Morgan fingerprint density at radius 3 is 2.32 bits per heavy atom. The molecule has 1 aromatic carbocycles. The maximum Gasteiger partial charge on any atom is 0.332 e. The third kappa shape index (κ3) is 8.51. The number of amides is 1. The van der Waals surface area contributed by atoms with Gasteiger partial charge in [-0.3, -0.25) is 4.79 Å². The van der Waals surface area contributed by atoms with Crippen LogP contribution < -0.4 is 5.32 Å². The minimum absolute atomic E-state index is 0.0114. The van der Waals surface area contributed by atoms with Crippen LogP contribution in [0.15, 0.2) is 24.3 Å². The van der Waals surface area contributed by atoms with E-state index >= 15 is 0 Å². The minimum atomic E-state index is -1.22. The number of hydrogen-bond donors (Lipinski definition) is 2. The Morgan fingerprint density at radius 1 is 1.20 bits per heavy atom. The lowest BCUT2D eigenvalue weighted by Crippen LogP contribution is -2.34. The lowest BCUT2D eigenvalue weighted by Gasteiger charge is -2.20. The van der Waals surface area contributed by atoms with Gasteiger partial charge in [-0.15, -0.1) is 0 Å². The molecule has 0 aliphatic carbocycles. The Balaban J connectivity index is 2.42. The van der Waals surface area contributed by atoms with Gasteiger partial charge < -0.3 is 19.9 Å². The van der Waals surface area contributed by atoms with Crippen molar-refractivity contribution in [1.29, 1.82) is 0 Å². The molecule has 0 aromatic heterocycles. The van der Waals surface area contributed by atoms with E-state index in [9.17, 15) is 14.4 Å². The van der Waals surface area contributed by atoms with Crippen molar-refractivity contribution in [2.24, 2.45) is 0 Å². The van der Waals surface area contributed by atoms with Gasteiger partial charge in [0, 0.05) is 23.6 Å². The Kier molecular flexibility index (Phi) is 7.86. The molecule has 25 heavy (non-hydrogen) atoms. The number of carbonyl (C=O) groups is 3. The van der Waals surface area contributed by atoms with Crippen LogP contribution in [0.1, 0.15) is 37.6 Å². The fraction of sp³-hybridized carbons (Fsp3) is 0.471. The predicted molar refractivity (Wildman–Crippen MR) is 91.6 cm³/mol. The first-order valence-corrected chi connectivity index (χ1v) is 8.06. The first-order chi connectivity index (χ1) is 11.6. The van der Waals surface area contributed by atoms with Crippen molar-refractivity contribution >= 4 is 29.4 Å². The molecule has 0 aliphatic heterocycles. The number of carbonyl (C=O) groups excluding carboxylic acids is 2. The van der Waals surface area contributed by atoms with E-state index < -0.39 is 30.3 Å². The molecule has 1 rings (SSSR count). The second-order valence-electron chi connectivity index (χ2n) is 6.28. The van der Waals surface area contributed by atoms with E-state index in [-0.39, 0.29) is 18.9 Å². The fourth-order valence-corrected chi connectivity index (χ4v) is 1.96. The molecule has 138 valence electrons. The molecular weight excluding hydrogens is 350 g/mol. The van der Waals surface area contributed by atoms with Gasteiger partial charge in [-0.05, 0) is 45.0 Å². The molecule has 1 aromatic rings. The number of halogens is 1. The highest BCUT2D eigenvalue weighted by Gasteiger charge is 2.22. The van der Waals surface area contributed by atoms with Crippen LogP contribution in [-0.2, 0) is 19.1 Å². The van der Waals surface area contributed by atoms with Crippen LogP contribution in [0.2, 0.25) is 5.02 Å². The van der Waals surface area contributed by atoms with Crippen molar-refractivity contribution in [1.82, 2.24) is 5.32 Å². The average molecular weight is 372 g/mol. The van der Waals surface area contributed by atoms with Crippen LogP contribution in [-0.4, -0.2) is 47.8 Å². The van der Waals surface area contributed by atoms with Crippen LogP contribution in [0.3, 0.4) is 0 Å². The molecule has 0 saturated heterocycles. The van der Waals surface area contributed by atoms with Crippen molar-refractivity contribution in [3.05, 3.63) is 34.9 Å². The molecule has 1 amide bonds. The zero-order valence-corrected chi connectivity index (χ0v) is 15.1. The molecule has 0 spiro atoms. The zero-order chi connectivity index (χ0) is 19.0. The largest absolute Gasteiger partial charge is 0.479 e. The van der Waals surface area contributed by atoms with Crippen LogP contribution in [0.4, 0.5) is 0 Å². The summed E-state index contributed by atoms with van der Waals surface area (Å²) < 4.78 is 10.1. The van der Waals surface area contributed by atoms with E-state index in [4.69, 9.17) is 26.2 Å². The molecule has 0 bridgehead atoms. The Labute approximate surface area is 151 Å². The van der Waals surface area contributed by atoms with Gasteiger partial charge in [-0.1, -0.05) is 11.6 Å². The summed E-state index contributed by atoms with van der Waals surface area (Å²) >= 11 is 5.75. The van der Waals surface area contributed by atoms with Crippen molar-refractivity contribution < 1.29 is 29.0 Å². The Bertz CT molecular complexity index is 609. The van der Waals surface area contributed by atoms with E-state index in [1.165, 1.54) is 0 Å². The summed E-state index contributed by atoms with van der Waals surface area (Å²) in [6.45, 7) is 4.70. The maximum atomic E-state index is 11.9. The lowest BCUT2D eigenvalue weighted by molar-refractivity contribution is -0.166. The fourth-order valence-electron chi connectivity index (χ4n) is 1.84. The summed E-state index contributed by atoms with van der Waals surface area (Å²) in [6.07, 6.45) is -1.21. The van der Waals surface area contributed by atoms with Crippen LogP contribution >= 0.6 is 11.6 Å². The van der Waals surface area contributed by atoms with Gasteiger partial charge in [0.2, 0.25) is 0 Å². The number of carboxylic acids is 1. The van der Waals surface area contributed by atoms with Crippen LogP contribution in [0.25, 0.3) is 0 Å². The van der Waals surface area contributed by atoms with Gasteiger partial charge in [-0.2, -0.15) is 0 Å². The number of nitrogens with one attached hydrogen (secondary N) is 1. The van der Waals surface area contributed by atoms with Gasteiger partial charge in [0.15, 0.2) is 6.10 Å². The topological polar surface area (TPSA) is 102 Å². The molecule has 0 saturated carbocycles. The Morgan fingerprint density at radius 2 is 1.80 bits per heavy atom. The number of rotatable bonds is 8. The van der Waals surface area contributed by atoms with Crippen LogP contribution in [0, 0.1) is 0 Å². The molecule has 0 radical (unpaired) electrons. The molecule has 0 heterocycles. The van der Waals surface area contributed by atoms with Gasteiger partial charge in [0.05, 0.1) is 0 Å². The van der Waals surface area contributed by atoms with E-state index in [1.807, 2.05) is 0 Å². The molecular formula is C17H22ClNO6. The highest BCUT2D eigenvalue weighted by atomic mass is 35.5. The third-order valence-corrected chi connectivity index (χ3v) is 3.15. The number of hydrogen-bond acceptors (Lipinski definition) is 5. The Hall–Kier alpha value is -2.12. The summed E-state index contributed by atoms with van der Waals surface area (Å²) in [7, 11) is 0. The normalized spacial score (nSPS) is 12.3. The van der Waals surface area contributed by atoms with Crippen molar-refractivity contribution in [3.8, 4) is 0 Å². The summed E-state index contributed by atoms with van der Waals surface area (Å²) in [5.41, 5.74) is -0.267. The van der Waals surface area contributed by atoms with E-state index in [2.05, 4.69) is 5.32 Å². The van der Waals surface area contributed by atoms with Gasteiger partial charge in [0.25, 0.3) is 5.91 Å². The second-order valence-corrected chi connectivity index (χ2v) is 6.71. The number of ether oxygens (including phenoxy) is 2. The molecule has 0 aliphatic rings. The van der Waals surface area contributed by atoms with Crippen molar-refractivity contribution in [2.45, 2.75) is 38.9 Å². The first kappa shape index (κ1) is 20.9. The van der Waals surface area contributed by atoms with E-state index in [1.54, 1.807) is 45.0 Å². The smallest absolute Gasteiger partial charge is 0.332 e. The zero-order valence-electron chi connectivity index (χ0n) is 14.4. The summed E-state index contributed by atoms with van der Waals surface area (Å²) in [5.74, 6) is -2.22. The number of aliphatic carboxylic acids is 1. The third-order valence-electron chi connectivity index (χ3n) is 2.90. The molecule has 0 fully saturated rings. The molecule has 2 N–H and O–H groups in total. The molecule has 1 unspecified atom stereocenters. The maximum absolute atomic E-state index is 11.9. The first-order valence-electron chi connectivity index (χ1n) is 7.68. The number of carboxylic acid groups (broad SMARTS) is 1. The second kappa shape index (κ2) is 9.39. The highest BCUT2D eigenvalue weighted by molar-refractivity contribution is 6.30. The summed E-state index contributed by atoms with van der Waals surface area (Å²) in [4.78, 5) is 34.6. The molecule has 1 atom stereocenters. The van der Waals surface area contributed by atoms with E-state index in [0.29, 0.717) is 10.6 Å². The monoisotopic (exact) mass is 371 g/mol. The minimum Gasteiger partial charge on any atom is -0.479 e. The van der Waals surface area contributed by atoms with Crippen LogP contribution in [0.5, 0.6) is 0 Å². The standard InChI is InChI=1S/C17H22ClNO6/c1-17(2,3)25-14(20)10-24-13(16(22)23)8-9-19-15(21)11-4-6-12(18)7-5-11/h4-7,13H,8-10H2,1-3H3,(H,19,21)(H,22,23). The average Bonchev–Trinajstić information content (AvgIpc) is 2.49. The molecule has 7 nitrogen and oxygen atoms in total. The van der Waals surface area contributed by atoms with Gasteiger partial charge in [0.1, 0.15) is 12.2 Å². The summed E-state index contributed by atoms with van der Waals surface area (Å²) in [6, 6.07) is 6.29. The lowest BCUT2D eigenvalue weighted by atomic mass is 10.2. The van der Waals surface area contributed by atoms with Gasteiger partial charge in [-0.25, -0.2) is 9.59 Å². The van der Waals surface area contributed by atoms with Gasteiger partial charge >= 0.3 is 11.9 Å². The highest BCUT2D eigenvalue weighted by Crippen LogP contribution is 2.10. The predicted octanol–water partition coefficient (Wildman–Crippen LogP) is 2.27. The SMILES string of the molecule is CC(C)(C)OC(=O)COC(CCNC(=O)c1ccc(Cl)cc1)C(=O)O. The number of esters is 1. The quantitative estimate of drug-likeness (QED) is 0.680. The van der Waals surface area contributed by atoms with Crippen molar-refractivity contribution in [3.63, 3.8) is 0 Å². The van der Waals surface area contributed by atoms with Crippen molar-refractivity contribution in [2.75, 3.05) is 13.2 Å². The van der Waals surface area contributed by atoms with E-state index in [0.717, 1.165) is 0 Å².